The maximum atomic E-state index is 15.2. The van der Waals surface area contributed by atoms with Crippen molar-refractivity contribution in [3.63, 3.8) is 0 Å². The summed E-state index contributed by atoms with van der Waals surface area (Å²) in [6.45, 7) is 40.3. The van der Waals surface area contributed by atoms with Crippen molar-refractivity contribution in [1.29, 1.82) is 0 Å². The number of hydrogen-bond donors (Lipinski definition) is 1. The maximum absolute atomic E-state index is 15.2. The van der Waals surface area contributed by atoms with Crippen molar-refractivity contribution in [2.45, 2.75) is 192 Å². The van der Waals surface area contributed by atoms with Gasteiger partial charge < -0.3 is 24.6 Å². The van der Waals surface area contributed by atoms with E-state index in [0.29, 0.717) is 30.1 Å². The fourth-order valence-corrected chi connectivity index (χ4v) is 17.4. The topological polar surface area (TPSA) is 105 Å². The van der Waals surface area contributed by atoms with Crippen LogP contribution in [0.3, 0.4) is 0 Å². The number of fused-ring (bicyclic) bond motifs is 7. The van der Waals surface area contributed by atoms with Gasteiger partial charge >= 0.3 is 11.9 Å². The minimum absolute atomic E-state index is 0.00805. The fourth-order valence-electron chi connectivity index (χ4n) is 17.4. The summed E-state index contributed by atoms with van der Waals surface area (Å²) >= 11 is 0. The van der Waals surface area contributed by atoms with Gasteiger partial charge in [-0.1, -0.05) is 81.4 Å². The average Bonchev–Trinajstić information content (AvgIpc) is 3.61. The second-order valence-electron chi connectivity index (χ2n) is 26.7. The van der Waals surface area contributed by atoms with Crippen LogP contribution in [0.25, 0.3) is 0 Å². The lowest BCUT2D eigenvalue weighted by atomic mass is 9.32. The minimum atomic E-state index is -0.557. The van der Waals surface area contributed by atoms with Gasteiger partial charge in [0.25, 0.3) is 0 Å². The summed E-state index contributed by atoms with van der Waals surface area (Å²) < 4.78 is 12.3. The van der Waals surface area contributed by atoms with Crippen molar-refractivity contribution in [3.8, 4) is 0 Å². The van der Waals surface area contributed by atoms with Crippen LogP contribution in [0, 0.1) is 85.2 Å². The largest absolute Gasteiger partial charge is 0.462 e. The number of carbonyl (C=O) groups is 4. The van der Waals surface area contributed by atoms with E-state index in [4.69, 9.17) is 9.47 Å². The Hall–Kier alpha value is -2.42. The molecule has 2 amide bonds. The molecule has 9 nitrogen and oxygen atoms in total. The third-order valence-electron chi connectivity index (χ3n) is 22.0. The molecular formula is C55H89N3O6. The molecule has 1 unspecified atom stereocenters. The van der Waals surface area contributed by atoms with Crippen molar-refractivity contribution in [3.05, 3.63) is 12.2 Å². The van der Waals surface area contributed by atoms with Crippen LogP contribution in [0.4, 0.5) is 0 Å². The number of piperazine rings is 1. The molecule has 8 aliphatic rings. The molecule has 0 radical (unpaired) electrons. The Kier molecular flexibility index (Phi) is 11.9. The molecule has 1 aliphatic heterocycles. The number of likely N-dealkylation sites (N-methyl/N-ethyl adjacent to an activating group) is 1. The highest BCUT2D eigenvalue weighted by atomic mass is 16.6. The molecule has 360 valence electrons. The molecular weight excluding hydrogens is 799 g/mol. The van der Waals surface area contributed by atoms with E-state index in [1.807, 2.05) is 34.6 Å². The number of allylic oxidation sites excluding steroid dienone is 1. The highest BCUT2D eigenvalue weighted by molar-refractivity contribution is 5.86. The highest BCUT2D eigenvalue weighted by Gasteiger charge is 2.72. The van der Waals surface area contributed by atoms with Crippen LogP contribution in [0.2, 0.25) is 0 Å². The van der Waals surface area contributed by atoms with Crippen molar-refractivity contribution < 1.29 is 28.7 Å². The van der Waals surface area contributed by atoms with Crippen LogP contribution in [0.15, 0.2) is 12.2 Å². The molecule has 0 bridgehead atoms. The van der Waals surface area contributed by atoms with Crippen LogP contribution >= 0.6 is 0 Å². The fraction of sp³-hybridized carbons (Fsp3) is 0.891. The highest BCUT2D eigenvalue weighted by Crippen LogP contribution is 2.78. The predicted molar refractivity (Wildman–Crippen MR) is 253 cm³/mol. The molecule has 0 aromatic rings. The Labute approximate surface area is 388 Å². The monoisotopic (exact) mass is 888 g/mol. The first-order valence-electron chi connectivity index (χ1n) is 26.0. The van der Waals surface area contributed by atoms with Gasteiger partial charge in [-0.25, -0.2) is 0 Å². The van der Waals surface area contributed by atoms with Crippen molar-refractivity contribution >= 4 is 23.8 Å². The van der Waals surface area contributed by atoms with E-state index in [0.717, 1.165) is 96.9 Å². The lowest BCUT2D eigenvalue weighted by molar-refractivity contribution is -0.251. The zero-order chi connectivity index (χ0) is 47.0. The Balaban J connectivity index is 0.964. The van der Waals surface area contributed by atoms with E-state index in [1.165, 1.54) is 12.0 Å². The van der Waals surface area contributed by atoms with Gasteiger partial charge in [-0.05, 0) is 168 Å². The van der Waals surface area contributed by atoms with Gasteiger partial charge in [-0.3, -0.25) is 19.2 Å². The van der Waals surface area contributed by atoms with E-state index in [9.17, 15) is 14.4 Å². The zero-order valence-electron chi connectivity index (χ0n) is 42.8. The molecule has 0 aromatic heterocycles. The van der Waals surface area contributed by atoms with E-state index in [2.05, 4.69) is 84.0 Å². The summed E-state index contributed by atoms with van der Waals surface area (Å²) in [4.78, 5) is 60.6. The van der Waals surface area contributed by atoms with Gasteiger partial charge in [0, 0.05) is 43.6 Å². The molecule has 1 heterocycles. The summed E-state index contributed by atoms with van der Waals surface area (Å²) in [6, 6.07) is 0.00805. The summed E-state index contributed by atoms with van der Waals surface area (Å²) in [5.74, 6) is 1.57. The van der Waals surface area contributed by atoms with E-state index < -0.39 is 16.4 Å². The number of rotatable bonds is 8. The first-order chi connectivity index (χ1) is 29.6. The Morgan fingerprint density at radius 2 is 1.34 bits per heavy atom. The predicted octanol–water partition coefficient (Wildman–Crippen LogP) is 10.3. The number of esters is 2. The standard InChI is InChI=1S/C55H89N3O6/c1-16-57-27-29-58(30-28-57)44(59)36-32-41(50(36,9)10)56-47(62)55-24-19-34(33(2)3)43(55)35-17-18-40-52(13)22-21-42(51(11,12)39(52)20-23-54(40,15)53(35,14)25-26-55)63-45(60)37-31-38(49(37,7)8)46(61)64-48(4,5)6/h34-43H,2,16-32H2,1,3-15H3,(H,56,62)/t34-,35+,36-,37-,38+,39-,40+,41-,42?,43+,52-,53+,54+,55-/m0/s1. The average molecular weight is 888 g/mol. The second kappa shape index (κ2) is 15.8. The van der Waals surface area contributed by atoms with Crippen LogP contribution in [0.1, 0.15) is 174 Å². The Morgan fingerprint density at radius 3 is 1.94 bits per heavy atom. The van der Waals surface area contributed by atoms with Gasteiger partial charge in [0.05, 0.1) is 17.3 Å². The molecule has 1 N–H and O–H groups in total. The third kappa shape index (κ3) is 7.11. The molecule has 0 spiro atoms. The quantitative estimate of drug-likeness (QED) is 0.191. The smallest absolute Gasteiger partial charge is 0.310 e. The normalized spacial score (nSPS) is 44.3. The number of amides is 2. The van der Waals surface area contributed by atoms with Crippen LogP contribution in [0.5, 0.6) is 0 Å². The van der Waals surface area contributed by atoms with Gasteiger partial charge in [0.2, 0.25) is 11.8 Å². The second-order valence-corrected chi connectivity index (χ2v) is 26.7. The zero-order valence-corrected chi connectivity index (χ0v) is 42.8. The van der Waals surface area contributed by atoms with Crippen molar-refractivity contribution in [1.82, 2.24) is 15.1 Å². The van der Waals surface area contributed by atoms with E-state index >= 15 is 4.79 Å². The molecule has 64 heavy (non-hydrogen) atoms. The first-order valence-corrected chi connectivity index (χ1v) is 26.0. The molecule has 7 aliphatic carbocycles. The van der Waals surface area contributed by atoms with Gasteiger partial charge in [-0.15, -0.1) is 0 Å². The lowest BCUT2D eigenvalue weighted by Gasteiger charge is -2.73. The summed E-state index contributed by atoms with van der Waals surface area (Å²) in [5, 5.41) is 3.68. The first kappa shape index (κ1) is 48.1. The number of ether oxygens (including phenoxy) is 2. The molecule has 8 rings (SSSR count). The Bertz CT molecular complexity index is 1890. The number of nitrogens with one attached hydrogen (secondary N) is 1. The Morgan fingerprint density at radius 1 is 0.688 bits per heavy atom. The lowest BCUT2D eigenvalue weighted by Crippen LogP contribution is -2.69. The number of carbonyl (C=O) groups excluding carboxylic acids is 4. The number of hydrogen-bond acceptors (Lipinski definition) is 7. The molecule has 1 saturated heterocycles. The maximum Gasteiger partial charge on any atom is 0.310 e. The van der Waals surface area contributed by atoms with E-state index in [1.54, 1.807) is 0 Å². The van der Waals surface area contributed by atoms with Gasteiger partial charge in [-0.2, -0.15) is 0 Å². The molecule has 9 heteroatoms. The molecule has 8 fully saturated rings. The third-order valence-corrected chi connectivity index (χ3v) is 22.0. The molecule has 0 aromatic carbocycles. The molecule has 14 atom stereocenters. The van der Waals surface area contributed by atoms with Crippen molar-refractivity contribution in [2.75, 3.05) is 32.7 Å². The van der Waals surface area contributed by atoms with Crippen molar-refractivity contribution in [2.24, 2.45) is 85.2 Å². The van der Waals surface area contributed by atoms with E-state index in [-0.39, 0.29) is 86.6 Å². The van der Waals surface area contributed by atoms with Crippen LogP contribution in [-0.2, 0) is 28.7 Å². The molecule has 7 saturated carbocycles. The summed E-state index contributed by atoms with van der Waals surface area (Å²) in [6.07, 6.45) is 11.5. The number of nitrogens with zero attached hydrogens (tertiary/aromatic N) is 2. The minimum Gasteiger partial charge on any atom is -0.462 e. The van der Waals surface area contributed by atoms with Gasteiger partial charge in [0.15, 0.2) is 0 Å². The SMILES string of the molecule is C=C(C)[C@@H]1CC[C@]2(C(=O)N[C@H]3C[C@@H](C(=O)N4CCN(CC)CC4)C3(C)C)CC[C@]3(C)[C@H](CC[C@@H]4[C@@]5(C)CCC(OC(=O)[C@@H]6C[C@H](C(=O)OC(C)(C)C)C6(C)C)C(C)(C)[C@@H]5CC[C@]43C)[C@@H]12. The van der Waals surface area contributed by atoms with Gasteiger partial charge in [0.1, 0.15) is 11.7 Å². The van der Waals surface area contributed by atoms with Crippen LogP contribution < -0.4 is 5.32 Å². The van der Waals surface area contributed by atoms with Crippen LogP contribution in [-0.4, -0.2) is 84.0 Å². The summed E-state index contributed by atoms with van der Waals surface area (Å²) in [7, 11) is 0. The summed E-state index contributed by atoms with van der Waals surface area (Å²) in [5.41, 5.74) is -0.333.